The fraction of sp³-hybridized carbons (Fsp3) is 0.364. The molecule has 0 radical (unpaired) electrons. The van der Waals surface area contributed by atoms with Crippen molar-refractivity contribution in [1.29, 1.82) is 0 Å². The average Bonchev–Trinajstić information content (AvgIpc) is 2.43. The summed E-state index contributed by atoms with van der Waals surface area (Å²) in [4.78, 5) is 36.7. The molecule has 1 atom stereocenters. The Morgan fingerprint density at radius 3 is 2.85 bits per heavy atom. The molecule has 0 saturated heterocycles. The van der Waals surface area contributed by atoms with Crippen LogP contribution in [-0.4, -0.2) is 41.0 Å². The number of pyridine rings is 1. The van der Waals surface area contributed by atoms with E-state index >= 15 is 0 Å². The molecule has 0 aliphatic heterocycles. The molecule has 0 fully saturated rings. The van der Waals surface area contributed by atoms with Gasteiger partial charge >= 0.3 is 5.97 Å². The fourth-order valence-corrected chi connectivity index (χ4v) is 1.29. The molecule has 0 aliphatic carbocycles. The third-order valence-electron chi connectivity index (χ3n) is 2.19. The third kappa shape index (κ3) is 4.98. The van der Waals surface area contributed by atoms with Gasteiger partial charge in [-0.3, -0.25) is 30.1 Å². The van der Waals surface area contributed by atoms with Gasteiger partial charge < -0.3 is 4.74 Å². The van der Waals surface area contributed by atoms with E-state index < -0.39 is 29.4 Å². The van der Waals surface area contributed by atoms with Crippen LogP contribution in [0.15, 0.2) is 24.5 Å². The van der Waals surface area contributed by atoms with Crippen molar-refractivity contribution in [3.8, 4) is 0 Å². The lowest BCUT2D eigenvalue weighted by atomic mass is 10.3. The minimum Gasteiger partial charge on any atom is -0.465 e. The lowest BCUT2D eigenvalue weighted by Crippen LogP contribution is -2.51. The van der Waals surface area contributed by atoms with Gasteiger partial charge in [-0.15, -0.1) is 0 Å². The van der Waals surface area contributed by atoms with Gasteiger partial charge in [0.15, 0.2) is 6.04 Å². The Kier molecular flexibility index (Phi) is 6.04. The number of amides is 1. The molecule has 1 heterocycles. The maximum atomic E-state index is 11.7. The first-order chi connectivity index (χ1) is 9.54. The normalized spacial score (nSPS) is 11.4. The lowest BCUT2D eigenvalue weighted by molar-refractivity contribution is -0.482. The first-order valence-corrected chi connectivity index (χ1v) is 5.79. The zero-order chi connectivity index (χ0) is 15.0. The van der Waals surface area contributed by atoms with Crippen LogP contribution in [0.1, 0.15) is 17.3 Å². The SMILES string of the molecule is CCOC(=O)C(C[N+](=O)[O-])NNC(=O)c1cccnc1. The van der Waals surface area contributed by atoms with Gasteiger partial charge in [-0.1, -0.05) is 0 Å². The highest BCUT2D eigenvalue weighted by atomic mass is 16.6. The van der Waals surface area contributed by atoms with E-state index in [0.717, 1.165) is 0 Å². The van der Waals surface area contributed by atoms with Crippen molar-refractivity contribution in [2.75, 3.05) is 13.2 Å². The minimum absolute atomic E-state index is 0.0886. The molecule has 0 aliphatic rings. The number of nitrogens with zero attached hydrogens (tertiary/aromatic N) is 2. The molecule has 20 heavy (non-hydrogen) atoms. The van der Waals surface area contributed by atoms with E-state index in [1.54, 1.807) is 13.0 Å². The van der Waals surface area contributed by atoms with Crippen LogP contribution < -0.4 is 10.9 Å². The van der Waals surface area contributed by atoms with Crippen molar-refractivity contribution in [3.63, 3.8) is 0 Å². The maximum Gasteiger partial charge on any atom is 0.331 e. The van der Waals surface area contributed by atoms with Crippen LogP contribution in [0.5, 0.6) is 0 Å². The van der Waals surface area contributed by atoms with Crippen molar-refractivity contribution in [3.05, 3.63) is 40.2 Å². The number of hydrogen-bond donors (Lipinski definition) is 2. The highest BCUT2D eigenvalue weighted by molar-refractivity contribution is 5.93. The molecule has 1 aromatic heterocycles. The zero-order valence-electron chi connectivity index (χ0n) is 10.7. The number of aromatic nitrogens is 1. The summed E-state index contributed by atoms with van der Waals surface area (Å²) in [6.45, 7) is 0.965. The predicted octanol–water partition coefficient (Wildman–Crippen LogP) is -0.476. The fourth-order valence-electron chi connectivity index (χ4n) is 1.29. The summed E-state index contributed by atoms with van der Waals surface area (Å²) < 4.78 is 4.67. The number of hydrazine groups is 1. The molecule has 0 spiro atoms. The van der Waals surface area contributed by atoms with Crippen LogP contribution >= 0.6 is 0 Å². The first-order valence-electron chi connectivity index (χ1n) is 5.79. The summed E-state index contributed by atoms with van der Waals surface area (Å²) >= 11 is 0. The molecule has 2 N–H and O–H groups in total. The van der Waals surface area contributed by atoms with Gasteiger partial charge in [-0.25, -0.2) is 5.43 Å². The minimum atomic E-state index is -1.26. The van der Waals surface area contributed by atoms with E-state index in [2.05, 4.69) is 20.6 Å². The second-order valence-corrected chi connectivity index (χ2v) is 3.66. The number of nitro groups is 1. The summed E-state index contributed by atoms with van der Waals surface area (Å²) in [6.07, 6.45) is 2.82. The van der Waals surface area contributed by atoms with Crippen LogP contribution in [0.4, 0.5) is 0 Å². The van der Waals surface area contributed by atoms with Crippen LogP contribution in [-0.2, 0) is 9.53 Å². The molecule has 108 valence electrons. The molecule has 0 saturated carbocycles. The maximum absolute atomic E-state index is 11.7. The van der Waals surface area contributed by atoms with Gasteiger partial charge in [-0.2, -0.15) is 0 Å². The summed E-state index contributed by atoms with van der Waals surface area (Å²) in [7, 11) is 0. The van der Waals surface area contributed by atoms with Gasteiger partial charge in [0.1, 0.15) is 0 Å². The van der Waals surface area contributed by atoms with E-state index in [0.29, 0.717) is 0 Å². The number of nitrogens with one attached hydrogen (secondary N) is 2. The number of ether oxygens (including phenoxy) is 1. The Morgan fingerprint density at radius 1 is 1.55 bits per heavy atom. The number of carbonyl (C=O) groups excluding carboxylic acids is 2. The highest BCUT2D eigenvalue weighted by Gasteiger charge is 2.25. The van der Waals surface area contributed by atoms with Crippen LogP contribution in [0, 0.1) is 10.1 Å². The van der Waals surface area contributed by atoms with E-state index in [1.807, 2.05) is 0 Å². The Labute approximate surface area is 114 Å². The molecule has 1 rings (SSSR count). The molecule has 9 heteroatoms. The standard InChI is InChI=1S/C11H14N4O5/c1-2-20-11(17)9(7-15(18)19)13-14-10(16)8-4-3-5-12-6-8/h3-6,9,13H,2,7H2,1H3,(H,14,16). The van der Waals surface area contributed by atoms with Crippen molar-refractivity contribution in [1.82, 2.24) is 15.8 Å². The van der Waals surface area contributed by atoms with Gasteiger partial charge in [0.25, 0.3) is 5.91 Å². The lowest BCUT2D eigenvalue weighted by Gasteiger charge is -2.14. The predicted molar refractivity (Wildman–Crippen MR) is 67.1 cm³/mol. The average molecular weight is 282 g/mol. The highest BCUT2D eigenvalue weighted by Crippen LogP contribution is 1.95. The van der Waals surface area contributed by atoms with Gasteiger partial charge in [0.2, 0.25) is 6.54 Å². The van der Waals surface area contributed by atoms with E-state index in [-0.39, 0.29) is 12.2 Å². The molecular formula is C11H14N4O5. The molecular weight excluding hydrogens is 268 g/mol. The second kappa shape index (κ2) is 7.79. The van der Waals surface area contributed by atoms with E-state index in [1.165, 1.54) is 18.5 Å². The van der Waals surface area contributed by atoms with E-state index in [4.69, 9.17) is 0 Å². The Morgan fingerprint density at radius 2 is 2.30 bits per heavy atom. The largest absolute Gasteiger partial charge is 0.465 e. The Balaban J connectivity index is 2.59. The summed E-state index contributed by atoms with van der Waals surface area (Å²) in [5.41, 5.74) is 4.75. The monoisotopic (exact) mass is 282 g/mol. The molecule has 1 aromatic rings. The first kappa shape index (κ1) is 15.5. The zero-order valence-corrected chi connectivity index (χ0v) is 10.7. The van der Waals surface area contributed by atoms with E-state index in [9.17, 15) is 19.7 Å². The Bertz CT molecular complexity index is 479. The second-order valence-electron chi connectivity index (χ2n) is 3.66. The molecule has 9 nitrogen and oxygen atoms in total. The number of carbonyl (C=O) groups is 2. The third-order valence-corrected chi connectivity index (χ3v) is 2.19. The van der Waals surface area contributed by atoms with Crippen molar-refractivity contribution >= 4 is 11.9 Å². The number of esters is 1. The summed E-state index contributed by atoms with van der Waals surface area (Å²) in [6, 6.07) is 1.82. The molecule has 1 unspecified atom stereocenters. The van der Waals surface area contributed by atoms with Crippen molar-refractivity contribution in [2.24, 2.45) is 0 Å². The molecule has 1 amide bonds. The van der Waals surface area contributed by atoms with Crippen molar-refractivity contribution in [2.45, 2.75) is 13.0 Å². The van der Waals surface area contributed by atoms with Gasteiger partial charge in [0.05, 0.1) is 12.2 Å². The quantitative estimate of drug-likeness (QED) is 0.393. The molecule has 0 aromatic carbocycles. The summed E-state index contributed by atoms with van der Waals surface area (Å²) in [5.74, 6) is -1.37. The number of hydrogen-bond acceptors (Lipinski definition) is 7. The molecule has 0 bridgehead atoms. The van der Waals surface area contributed by atoms with Gasteiger partial charge in [0, 0.05) is 17.3 Å². The van der Waals surface area contributed by atoms with Gasteiger partial charge in [-0.05, 0) is 19.1 Å². The summed E-state index contributed by atoms with van der Waals surface area (Å²) in [5, 5.41) is 10.5. The Hall–Kier alpha value is -2.55. The number of rotatable bonds is 7. The van der Waals surface area contributed by atoms with Crippen LogP contribution in [0.25, 0.3) is 0 Å². The smallest absolute Gasteiger partial charge is 0.331 e. The van der Waals surface area contributed by atoms with Crippen molar-refractivity contribution < 1.29 is 19.2 Å². The topological polar surface area (TPSA) is 123 Å². The van der Waals surface area contributed by atoms with Crippen LogP contribution in [0.2, 0.25) is 0 Å². The van der Waals surface area contributed by atoms with Crippen LogP contribution in [0.3, 0.4) is 0 Å².